The van der Waals surface area contributed by atoms with Crippen molar-refractivity contribution in [2.75, 3.05) is 19.6 Å². The van der Waals surface area contributed by atoms with Crippen LogP contribution in [0.5, 0.6) is 0 Å². The lowest BCUT2D eigenvalue weighted by Gasteiger charge is -2.30. The molecule has 0 spiro atoms. The Kier molecular flexibility index (Phi) is 5.24. The minimum atomic E-state index is -0.179. The first-order chi connectivity index (χ1) is 7.53. The Morgan fingerprint density at radius 3 is 2.81 bits per heavy atom. The van der Waals surface area contributed by atoms with Crippen LogP contribution in [0.15, 0.2) is 0 Å². The van der Waals surface area contributed by atoms with Crippen LogP contribution in [0, 0.1) is 16.7 Å². The minimum absolute atomic E-state index is 0.121. The number of nitriles is 1. The van der Waals surface area contributed by atoms with E-state index in [1.807, 2.05) is 13.8 Å². The van der Waals surface area contributed by atoms with Gasteiger partial charge in [-0.1, -0.05) is 6.42 Å². The molecule has 0 aliphatic carbocycles. The van der Waals surface area contributed by atoms with E-state index in [0.29, 0.717) is 0 Å². The second-order valence-corrected chi connectivity index (χ2v) is 5.55. The van der Waals surface area contributed by atoms with Gasteiger partial charge in [-0.05, 0) is 52.6 Å². The molecule has 1 atom stereocenters. The highest BCUT2D eigenvalue weighted by atomic mass is 16.3. The molecule has 1 heterocycles. The zero-order valence-electron chi connectivity index (χ0n) is 10.6. The molecule has 1 aliphatic heterocycles. The molecule has 0 aromatic heterocycles. The van der Waals surface area contributed by atoms with E-state index < -0.39 is 0 Å². The lowest BCUT2D eigenvalue weighted by atomic mass is 9.89. The Hall–Kier alpha value is -0.590. The normalized spacial score (nSPS) is 23.0. The number of unbranched alkanes of at least 4 members (excludes halogenated alkanes) is 1. The van der Waals surface area contributed by atoms with Crippen molar-refractivity contribution >= 4 is 0 Å². The fourth-order valence-electron chi connectivity index (χ4n) is 2.19. The molecule has 0 amide bonds. The van der Waals surface area contributed by atoms with Crippen molar-refractivity contribution in [2.24, 2.45) is 5.41 Å². The monoisotopic (exact) mass is 224 g/mol. The SMILES string of the molecule is CC(C)(C#N)CCCCN1CCCC(O)C1. The van der Waals surface area contributed by atoms with Gasteiger partial charge in [0.25, 0.3) is 0 Å². The molecule has 1 unspecified atom stereocenters. The summed E-state index contributed by atoms with van der Waals surface area (Å²) in [5, 5.41) is 18.4. The molecule has 0 bridgehead atoms. The molecule has 1 fully saturated rings. The van der Waals surface area contributed by atoms with Crippen LogP contribution in [0.4, 0.5) is 0 Å². The second kappa shape index (κ2) is 6.22. The lowest BCUT2D eigenvalue weighted by Crippen LogP contribution is -2.38. The summed E-state index contributed by atoms with van der Waals surface area (Å²) < 4.78 is 0. The average molecular weight is 224 g/mol. The maximum absolute atomic E-state index is 9.52. The van der Waals surface area contributed by atoms with Gasteiger partial charge in [0, 0.05) is 6.54 Å². The van der Waals surface area contributed by atoms with E-state index in [-0.39, 0.29) is 11.5 Å². The van der Waals surface area contributed by atoms with Crippen LogP contribution in [0.1, 0.15) is 46.0 Å². The molecule has 1 saturated heterocycles. The lowest BCUT2D eigenvalue weighted by molar-refractivity contribution is 0.0695. The van der Waals surface area contributed by atoms with Gasteiger partial charge in [-0.2, -0.15) is 5.26 Å². The van der Waals surface area contributed by atoms with Crippen LogP contribution in [-0.2, 0) is 0 Å². The molecule has 16 heavy (non-hydrogen) atoms. The summed E-state index contributed by atoms with van der Waals surface area (Å²) in [6, 6.07) is 2.33. The van der Waals surface area contributed by atoms with Crippen molar-refractivity contribution in [1.29, 1.82) is 5.26 Å². The molecular formula is C13H24N2O. The predicted octanol–water partition coefficient (Wildman–Crippen LogP) is 2.16. The van der Waals surface area contributed by atoms with E-state index in [9.17, 15) is 5.11 Å². The first kappa shape index (κ1) is 13.5. The number of β-amino-alcohol motifs (C(OH)–C–C–N with tert-alkyl or cyclic N) is 1. The first-order valence-electron chi connectivity index (χ1n) is 6.35. The molecule has 0 radical (unpaired) electrons. The Bertz CT molecular complexity index is 245. The van der Waals surface area contributed by atoms with Crippen molar-refractivity contribution in [1.82, 2.24) is 4.90 Å². The quantitative estimate of drug-likeness (QED) is 0.728. The number of hydrogen-bond acceptors (Lipinski definition) is 3. The van der Waals surface area contributed by atoms with Gasteiger partial charge in [0.15, 0.2) is 0 Å². The van der Waals surface area contributed by atoms with E-state index in [1.54, 1.807) is 0 Å². The van der Waals surface area contributed by atoms with Crippen LogP contribution in [-0.4, -0.2) is 35.7 Å². The number of aliphatic hydroxyl groups is 1. The van der Waals surface area contributed by atoms with Crippen LogP contribution in [0.3, 0.4) is 0 Å². The molecule has 1 N–H and O–H groups in total. The summed E-state index contributed by atoms with van der Waals surface area (Å²) in [7, 11) is 0. The van der Waals surface area contributed by atoms with E-state index in [0.717, 1.165) is 51.7 Å². The Labute approximate surface area is 99.1 Å². The van der Waals surface area contributed by atoms with Crippen molar-refractivity contribution in [3.63, 3.8) is 0 Å². The van der Waals surface area contributed by atoms with Gasteiger partial charge in [-0.3, -0.25) is 0 Å². The molecule has 3 nitrogen and oxygen atoms in total. The zero-order chi connectivity index (χ0) is 12.0. The van der Waals surface area contributed by atoms with Crippen LogP contribution < -0.4 is 0 Å². The molecule has 0 aromatic carbocycles. The minimum Gasteiger partial charge on any atom is -0.392 e. The fraction of sp³-hybridized carbons (Fsp3) is 0.923. The zero-order valence-corrected chi connectivity index (χ0v) is 10.6. The maximum atomic E-state index is 9.52. The van der Waals surface area contributed by atoms with Gasteiger partial charge in [0.2, 0.25) is 0 Å². The van der Waals surface area contributed by atoms with Crippen LogP contribution in [0.2, 0.25) is 0 Å². The second-order valence-electron chi connectivity index (χ2n) is 5.55. The number of hydrogen-bond donors (Lipinski definition) is 1. The van der Waals surface area contributed by atoms with Crippen molar-refractivity contribution in [3.05, 3.63) is 0 Å². The van der Waals surface area contributed by atoms with E-state index in [1.165, 1.54) is 0 Å². The van der Waals surface area contributed by atoms with E-state index in [2.05, 4.69) is 11.0 Å². The standard InChI is InChI=1S/C13H24N2O/c1-13(2,11-14)7-3-4-8-15-9-5-6-12(16)10-15/h12,16H,3-10H2,1-2H3. The number of nitrogens with zero attached hydrogens (tertiary/aromatic N) is 2. The Morgan fingerprint density at radius 1 is 1.44 bits per heavy atom. The van der Waals surface area contributed by atoms with Gasteiger partial charge in [-0.15, -0.1) is 0 Å². The summed E-state index contributed by atoms with van der Waals surface area (Å²) in [6.07, 6.45) is 5.16. The Balaban J connectivity index is 2.09. The molecule has 3 heteroatoms. The number of piperidine rings is 1. The average Bonchev–Trinajstić information content (AvgIpc) is 2.25. The highest BCUT2D eigenvalue weighted by Crippen LogP contribution is 2.22. The third-order valence-corrected chi connectivity index (χ3v) is 3.31. The molecule has 1 rings (SSSR count). The fourth-order valence-corrected chi connectivity index (χ4v) is 2.19. The van der Waals surface area contributed by atoms with Gasteiger partial charge >= 0.3 is 0 Å². The van der Waals surface area contributed by atoms with Gasteiger partial charge in [0.05, 0.1) is 17.6 Å². The highest BCUT2D eigenvalue weighted by molar-refractivity contribution is 4.91. The molecule has 92 valence electrons. The third kappa shape index (κ3) is 4.96. The smallest absolute Gasteiger partial charge is 0.0683 e. The molecular weight excluding hydrogens is 200 g/mol. The number of aliphatic hydroxyl groups excluding tert-OH is 1. The first-order valence-corrected chi connectivity index (χ1v) is 6.35. The Morgan fingerprint density at radius 2 is 2.19 bits per heavy atom. The van der Waals surface area contributed by atoms with Crippen LogP contribution >= 0.6 is 0 Å². The number of rotatable bonds is 5. The van der Waals surface area contributed by atoms with Gasteiger partial charge in [0.1, 0.15) is 0 Å². The summed E-state index contributed by atoms with van der Waals surface area (Å²) in [6.45, 7) is 7.02. The predicted molar refractivity (Wildman–Crippen MR) is 64.9 cm³/mol. The third-order valence-electron chi connectivity index (χ3n) is 3.31. The van der Waals surface area contributed by atoms with Crippen molar-refractivity contribution in [2.45, 2.75) is 52.1 Å². The summed E-state index contributed by atoms with van der Waals surface area (Å²) in [5.74, 6) is 0. The number of likely N-dealkylation sites (tertiary alicyclic amines) is 1. The maximum Gasteiger partial charge on any atom is 0.0683 e. The summed E-state index contributed by atoms with van der Waals surface area (Å²) in [4.78, 5) is 2.34. The highest BCUT2D eigenvalue weighted by Gasteiger charge is 2.18. The van der Waals surface area contributed by atoms with Gasteiger partial charge in [-0.25, -0.2) is 0 Å². The van der Waals surface area contributed by atoms with Crippen molar-refractivity contribution in [3.8, 4) is 6.07 Å². The summed E-state index contributed by atoms with van der Waals surface area (Å²) >= 11 is 0. The summed E-state index contributed by atoms with van der Waals surface area (Å²) in [5.41, 5.74) is -0.179. The topological polar surface area (TPSA) is 47.3 Å². The molecule has 0 aromatic rings. The molecule has 1 aliphatic rings. The van der Waals surface area contributed by atoms with E-state index >= 15 is 0 Å². The van der Waals surface area contributed by atoms with Crippen LogP contribution in [0.25, 0.3) is 0 Å². The van der Waals surface area contributed by atoms with E-state index in [4.69, 9.17) is 5.26 Å². The van der Waals surface area contributed by atoms with Crippen molar-refractivity contribution < 1.29 is 5.11 Å². The van der Waals surface area contributed by atoms with Gasteiger partial charge < -0.3 is 10.0 Å². The largest absolute Gasteiger partial charge is 0.392 e. The molecule has 0 saturated carbocycles.